The molecular weight excluding hydrogens is 252 g/mol. The van der Waals surface area contributed by atoms with Crippen LogP contribution in [-0.2, 0) is 4.74 Å². The quantitative estimate of drug-likeness (QED) is 0.798. The zero-order valence-corrected chi connectivity index (χ0v) is 11.8. The van der Waals surface area contributed by atoms with Gasteiger partial charge >= 0.3 is 0 Å². The van der Waals surface area contributed by atoms with Crippen LogP contribution in [0.25, 0.3) is 16.7 Å². The fraction of sp³-hybridized carbons (Fsp3) is 0.438. The van der Waals surface area contributed by atoms with E-state index in [9.17, 15) is 0 Å². The first-order valence-electron chi connectivity index (χ1n) is 7.08. The van der Waals surface area contributed by atoms with Crippen molar-refractivity contribution in [3.63, 3.8) is 0 Å². The third-order valence-corrected chi connectivity index (χ3v) is 4.41. The minimum atomic E-state index is 0.396. The predicted molar refractivity (Wildman–Crippen MR) is 77.5 cm³/mol. The fourth-order valence-electron chi connectivity index (χ4n) is 3.21. The molecule has 0 N–H and O–H groups in total. The summed E-state index contributed by atoms with van der Waals surface area (Å²) in [7, 11) is 2.19. The number of aromatic nitrogens is 1. The number of morpholine rings is 1. The van der Waals surface area contributed by atoms with E-state index < -0.39 is 0 Å². The van der Waals surface area contributed by atoms with E-state index in [1.807, 2.05) is 13.0 Å². The molecule has 2 atom stereocenters. The maximum absolute atomic E-state index is 5.65. The minimum absolute atomic E-state index is 0.396. The van der Waals surface area contributed by atoms with Gasteiger partial charge < -0.3 is 9.15 Å². The molecule has 0 amide bonds. The lowest BCUT2D eigenvalue weighted by molar-refractivity contribution is -0.0221. The lowest BCUT2D eigenvalue weighted by Gasteiger charge is -2.42. The molecule has 4 rings (SSSR count). The monoisotopic (exact) mass is 270 g/mol. The first kappa shape index (κ1) is 12.1. The van der Waals surface area contributed by atoms with Crippen LogP contribution in [0.3, 0.4) is 0 Å². The van der Waals surface area contributed by atoms with Crippen LogP contribution in [0.2, 0.25) is 0 Å². The van der Waals surface area contributed by atoms with Crippen LogP contribution in [0.4, 0.5) is 0 Å². The molecule has 2 aromatic rings. The molecule has 0 saturated carbocycles. The van der Waals surface area contributed by atoms with E-state index in [1.54, 1.807) is 0 Å². The summed E-state index contributed by atoms with van der Waals surface area (Å²) < 4.78 is 11.2. The molecule has 2 unspecified atom stereocenters. The Kier molecular flexibility index (Phi) is 2.69. The molecule has 3 heterocycles. The Morgan fingerprint density at radius 2 is 2.20 bits per heavy atom. The summed E-state index contributed by atoms with van der Waals surface area (Å²) in [6.45, 7) is 3.51. The van der Waals surface area contributed by atoms with Crippen LogP contribution < -0.4 is 0 Å². The molecule has 4 heteroatoms. The smallest absolute Gasteiger partial charge is 0.192 e. The molecule has 1 fully saturated rings. The van der Waals surface area contributed by atoms with Gasteiger partial charge in [0, 0.05) is 13.0 Å². The summed E-state index contributed by atoms with van der Waals surface area (Å²) in [4.78, 5) is 6.85. The summed E-state index contributed by atoms with van der Waals surface area (Å²) in [5, 5.41) is 0. The normalized spacial score (nSPS) is 26.8. The molecule has 104 valence electrons. The first-order chi connectivity index (χ1) is 9.70. The Hall–Kier alpha value is -1.65. The van der Waals surface area contributed by atoms with Gasteiger partial charge in [0.05, 0.1) is 19.3 Å². The third-order valence-electron chi connectivity index (χ3n) is 4.41. The summed E-state index contributed by atoms with van der Waals surface area (Å²) in [5.74, 6) is 0.722. The number of ether oxygens (including phenoxy) is 1. The van der Waals surface area contributed by atoms with Crippen molar-refractivity contribution >= 4 is 16.7 Å². The fourth-order valence-corrected chi connectivity index (χ4v) is 3.21. The second-order valence-electron chi connectivity index (χ2n) is 5.74. The van der Waals surface area contributed by atoms with Crippen LogP contribution in [0.5, 0.6) is 0 Å². The van der Waals surface area contributed by atoms with Crippen molar-refractivity contribution in [3.8, 4) is 0 Å². The molecule has 1 aromatic heterocycles. The highest BCUT2D eigenvalue weighted by atomic mass is 16.5. The minimum Gasteiger partial charge on any atom is -0.441 e. The lowest BCUT2D eigenvalue weighted by atomic mass is 9.90. The first-order valence-corrected chi connectivity index (χ1v) is 7.08. The van der Waals surface area contributed by atoms with E-state index in [0.29, 0.717) is 12.1 Å². The number of oxazole rings is 1. The SMILES string of the molecule is Cc1nc2cc(C3=CC4COCC(C3)N4C)ccc2o1. The molecule has 20 heavy (non-hydrogen) atoms. The van der Waals surface area contributed by atoms with E-state index >= 15 is 0 Å². The molecular formula is C16H18N2O2. The topological polar surface area (TPSA) is 38.5 Å². The second-order valence-corrected chi connectivity index (χ2v) is 5.74. The van der Waals surface area contributed by atoms with E-state index in [2.05, 4.69) is 35.1 Å². The standard InChI is InChI=1S/C16H18N2O2/c1-10-17-15-7-11(3-4-16(15)20-10)12-5-13-8-19-9-14(6-12)18(13)2/h3-5,7,13-14H,6,8-9H2,1-2H3. The Bertz CT molecular complexity index is 689. The maximum Gasteiger partial charge on any atom is 0.192 e. The van der Waals surface area contributed by atoms with Crippen LogP contribution in [0.1, 0.15) is 17.9 Å². The lowest BCUT2D eigenvalue weighted by Crippen LogP contribution is -2.51. The van der Waals surface area contributed by atoms with Gasteiger partial charge in [-0.3, -0.25) is 4.90 Å². The average molecular weight is 270 g/mol. The number of nitrogens with zero attached hydrogens (tertiary/aromatic N) is 2. The molecule has 0 radical (unpaired) electrons. The maximum atomic E-state index is 5.65. The van der Waals surface area contributed by atoms with Crippen molar-refractivity contribution in [2.24, 2.45) is 0 Å². The Balaban J connectivity index is 1.75. The van der Waals surface area contributed by atoms with Crippen molar-refractivity contribution in [1.29, 1.82) is 0 Å². The molecule has 2 aliphatic heterocycles. The molecule has 0 spiro atoms. The van der Waals surface area contributed by atoms with Gasteiger partial charge in [-0.15, -0.1) is 0 Å². The van der Waals surface area contributed by atoms with Crippen LogP contribution in [0.15, 0.2) is 28.7 Å². The van der Waals surface area contributed by atoms with Crippen molar-refractivity contribution in [3.05, 3.63) is 35.7 Å². The average Bonchev–Trinajstić information content (AvgIpc) is 2.77. The largest absolute Gasteiger partial charge is 0.441 e. The zero-order valence-electron chi connectivity index (χ0n) is 11.8. The van der Waals surface area contributed by atoms with E-state index in [-0.39, 0.29) is 0 Å². The number of likely N-dealkylation sites (N-methyl/N-ethyl adjacent to an activating group) is 1. The Morgan fingerprint density at radius 3 is 3.05 bits per heavy atom. The van der Waals surface area contributed by atoms with E-state index in [1.165, 1.54) is 11.1 Å². The summed E-state index contributed by atoms with van der Waals surface area (Å²) in [6, 6.07) is 7.19. The van der Waals surface area contributed by atoms with Gasteiger partial charge in [0.2, 0.25) is 0 Å². The molecule has 2 bridgehead atoms. The van der Waals surface area contributed by atoms with Gasteiger partial charge in [0.1, 0.15) is 5.52 Å². The molecule has 2 aliphatic rings. The summed E-state index contributed by atoms with van der Waals surface area (Å²) >= 11 is 0. The van der Waals surface area contributed by atoms with Gasteiger partial charge in [-0.25, -0.2) is 4.98 Å². The van der Waals surface area contributed by atoms with Crippen molar-refractivity contribution in [2.75, 3.05) is 20.3 Å². The number of benzene rings is 1. The number of rotatable bonds is 1. The van der Waals surface area contributed by atoms with Crippen LogP contribution >= 0.6 is 0 Å². The number of hydrogen-bond acceptors (Lipinski definition) is 4. The third kappa shape index (κ3) is 1.87. The Labute approximate surface area is 118 Å². The summed E-state index contributed by atoms with van der Waals surface area (Å²) in [6.07, 6.45) is 3.37. The Morgan fingerprint density at radius 1 is 1.30 bits per heavy atom. The summed E-state index contributed by atoms with van der Waals surface area (Å²) in [5.41, 5.74) is 4.48. The second kappa shape index (κ2) is 4.43. The number of fused-ring (bicyclic) bond motifs is 3. The van der Waals surface area contributed by atoms with Gasteiger partial charge in [-0.1, -0.05) is 12.1 Å². The predicted octanol–water partition coefficient (Wildman–Crippen LogP) is 2.62. The number of hydrogen-bond donors (Lipinski definition) is 0. The van der Waals surface area contributed by atoms with Gasteiger partial charge in [-0.05, 0) is 36.7 Å². The van der Waals surface area contributed by atoms with E-state index in [4.69, 9.17) is 9.15 Å². The molecule has 1 saturated heterocycles. The highest BCUT2D eigenvalue weighted by molar-refractivity contribution is 5.80. The van der Waals surface area contributed by atoms with Gasteiger partial charge in [0.25, 0.3) is 0 Å². The van der Waals surface area contributed by atoms with Crippen molar-refractivity contribution < 1.29 is 9.15 Å². The number of aryl methyl sites for hydroxylation is 1. The van der Waals surface area contributed by atoms with Crippen molar-refractivity contribution in [2.45, 2.75) is 25.4 Å². The highest BCUT2D eigenvalue weighted by Crippen LogP contribution is 2.32. The van der Waals surface area contributed by atoms with Gasteiger partial charge in [0.15, 0.2) is 11.5 Å². The molecule has 4 nitrogen and oxygen atoms in total. The highest BCUT2D eigenvalue weighted by Gasteiger charge is 2.32. The van der Waals surface area contributed by atoms with E-state index in [0.717, 1.165) is 36.6 Å². The van der Waals surface area contributed by atoms with Gasteiger partial charge in [-0.2, -0.15) is 0 Å². The molecule has 0 aliphatic carbocycles. The molecule has 1 aromatic carbocycles. The zero-order chi connectivity index (χ0) is 13.7. The van der Waals surface area contributed by atoms with Crippen LogP contribution in [0, 0.1) is 6.92 Å². The van der Waals surface area contributed by atoms with Crippen LogP contribution in [-0.4, -0.2) is 42.2 Å². The van der Waals surface area contributed by atoms with Crippen molar-refractivity contribution in [1.82, 2.24) is 9.88 Å².